The monoisotopic (exact) mass is 292 g/mol. The van der Waals surface area contributed by atoms with Crippen LogP contribution in [0.1, 0.15) is 32.3 Å². The molecule has 0 aliphatic heterocycles. The highest BCUT2D eigenvalue weighted by atomic mass is 16.5. The van der Waals surface area contributed by atoms with Gasteiger partial charge in [0.25, 0.3) is 0 Å². The van der Waals surface area contributed by atoms with Crippen LogP contribution in [0.5, 0.6) is 0 Å². The molecule has 1 aromatic carbocycles. The first-order valence-corrected chi connectivity index (χ1v) is 7.27. The molecular weight excluding hydrogens is 268 g/mol. The zero-order valence-corrected chi connectivity index (χ0v) is 12.9. The zero-order chi connectivity index (χ0) is 15.7. The van der Waals surface area contributed by atoms with E-state index in [4.69, 9.17) is 0 Å². The van der Waals surface area contributed by atoms with Crippen molar-refractivity contribution in [1.29, 1.82) is 0 Å². The normalized spacial score (nSPS) is 13.3. The number of ether oxygens (including phenoxy) is 1. The molecule has 116 valence electrons. The molecule has 0 aliphatic carbocycles. The minimum absolute atomic E-state index is 0.175. The summed E-state index contributed by atoms with van der Waals surface area (Å²) >= 11 is 0. The van der Waals surface area contributed by atoms with Crippen molar-refractivity contribution in [3.05, 3.63) is 35.9 Å². The molecule has 0 saturated heterocycles. The number of amides is 1. The fourth-order valence-corrected chi connectivity index (χ4v) is 2.00. The Morgan fingerprint density at radius 3 is 2.24 bits per heavy atom. The van der Waals surface area contributed by atoms with Gasteiger partial charge >= 0.3 is 5.97 Å². The van der Waals surface area contributed by atoms with Gasteiger partial charge in [-0.15, -0.1) is 0 Å². The molecule has 0 aromatic heterocycles. The fourth-order valence-electron chi connectivity index (χ4n) is 2.00. The molecular formula is C16H24N2O3. The summed E-state index contributed by atoms with van der Waals surface area (Å²) in [5.74, 6) is -0.588. The molecule has 0 spiro atoms. The van der Waals surface area contributed by atoms with E-state index in [1.165, 1.54) is 7.11 Å². The van der Waals surface area contributed by atoms with Gasteiger partial charge in [0.1, 0.15) is 6.04 Å². The predicted octanol–water partition coefficient (Wildman–Crippen LogP) is 1.62. The maximum absolute atomic E-state index is 12.2. The van der Waals surface area contributed by atoms with Crippen molar-refractivity contribution in [3.63, 3.8) is 0 Å². The van der Waals surface area contributed by atoms with Crippen LogP contribution >= 0.6 is 0 Å². The maximum Gasteiger partial charge on any atom is 0.328 e. The van der Waals surface area contributed by atoms with E-state index < -0.39 is 12.0 Å². The number of benzene rings is 1. The predicted molar refractivity (Wildman–Crippen MR) is 81.6 cm³/mol. The molecule has 2 atom stereocenters. The Morgan fingerprint density at radius 1 is 1.10 bits per heavy atom. The van der Waals surface area contributed by atoms with Crippen LogP contribution in [0.15, 0.2) is 30.3 Å². The number of esters is 1. The number of hydrogen-bond donors (Lipinski definition) is 2. The quantitative estimate of drug-likeness (QED) is 0.715. The smallest absolute Gasteiger partial charge is 0.328 e. The van der Waals surface area contributed by atoms with Gasteiger partial charge in [-0.1, -0.05) is 44.2 Å². The highest BCUT2D eigenvalue weighted by Crippen LogP contribution is 2.02. The number of hydrogen-bond acceptors (Lipinski definition) is 4. The van der Waals surface area contributed by atoms with Crippen LogP contribution in [0.4, 0.5) is 0 Å². The maximum atomic E-state index is 12.2. The van der Waals surface area contributed by atoms with Crippen molar-refractivity contribution in [2.75, 3.05) is 7.11 Å². The lowest BCUT2D eigenvalue weighted by Crippen LogP contribution is -2.49. The third-order valence-electron chi connectivity index (χ3n) is 3.33. The lowest BCUT2D eigenvalue weighted by molar-refractivity contribution is -0.145. The molecule has 2 unspecified atom stereocenters. The summed E-state index contributed by atoms with van der Waals surface area (Å²) in [6.45, 7) is 4.38. The van der Waals surface area contributed by atoms with Crippen molar-refractivity contribution < 1.29 is 14.3 Å². The van der Waals surface area contributed by atoms with Gasteiger partial charge in [0.15, 0.2) is 0 Å². The van der Waals surface area contributed by atoms with Crippen LogP contribution in [0, 0.1) is 0 Å². The standard InChI is InChI=1S/C16H24N2O3/c1-4-13(17-11-12-9-7-6-8-10-12)15(19)18-14(5-2)16(20)21-3/h6-10,13-14,17H,4-5,11H2,1-3H3,(H,18,19). The first-order valence-electron chi connectivity index (χ1n) is 7.27. The van der Waals surface area contributed by atoms with Crippen LogP contribution in [0.3, 0.4) is 0 Å². The molecule has 21 heavy (non-hydrogen) atoms. The first-order chi connectivity index (χ1) is 10.1. The highest BCUT2D eigenvalue weighted by Gasteiger charge is 2.23. The summed E-state index contributed by atoms with van der Waals surface area (Å²) in [6, 6.07) is 8.96. The first kappa shape index (κ1) is 17.2. The molecule has 2 N–H and O–H groups in total. The summed E-state index contributed by atoms with van der Waals surface area (Å²) in [5.41, 5.74) is 1.11. The summed E-state index contributed by atoms with van der Waals surface area (Å²) < 4.78 is 4.67. The largest absolute Gasteiger partial charge is 0.467 e. The molecule has 1 aromatic rings. The van der Waals surface area contributed by atoms with Crippen molar-refractivity contribution in [3.8, 4) is 0 Å². The molecule has 1 rings (SSSR count). The van der Waals surface area contributed by atoms with Crippen LogP contribution < -0.4 is 10.6 Å². The molecule has 5 nitrogen and oxygen atoms in total. The Hall–Kier alpha value is -1.88. The van der Waals surface area contributed by atoms with E-state index >= 15 is 0 Å². The van der Waals surface area contributed by atoms with Crippen LogP contribution in [0.2, 0.25) is 0 Å². The molecule has 0 aliphatic rings. The average molecular weight is 292 g/mol. The van der Waals surface area contributed by atoms with E-state index in [-0.39, 0.29) is 11.9 Å². The Labute approximate surface area is 126 Å². The minimum Gasteiger partial charge on any atom is -0.467 e. The Morgan fingerprint density at radius 2 is 1.71 bits per heavy atom. The number of methoxy groups -OCH3 is 1. The van der Waals surface area contributed by atoms with Crippen molar-refractivity contribution in [2.45, 2.75) is 45.3 Å². The summed E-state index contributed by atoms with van der Waals surface area (Å²) in [4.78, 5) is 23.7. The van der Waals surface area contributed by atoms with Crippen molar-refractivity contribution >= 4 is 11.9 Å². The zero-order valence-electron chi connectivity index (χ0n) is 12.9. The van der Waals surface area contributed by atoms with Gasteiger partial charge < -0.3 is 15.4 Å². The molecule has 0 radical (unpaired) electrons. The van der Waals surface area contributed by atoms with Gasteiger partial charge in [-0.05, 0) is 18.4 Å². The minimum atomic E-state index is -0.588. The van der Waals surface area contributed by atoms with Gasteiger partial charge in [0.05, 0.1) is 13.2 Å². The summed E-state index contributed by atoms with van der Waals surface area (Å²) in [6.07, 6.45) is 1.16. The Bertz CT molecular complexity index is 448. The molecule has 5 heteroatoms. The van der Waals surface area contributed by atoms with Crippen LogP contribution in [-0.2, 0) is 20.9 Å². The Kier molecular flexibility index (Phi) is 7.46. The van der Waals surface area contributed by atoms with Crippen molar-refractivity contribution in [2.24, 2.45) is 0 Å². The fraction of sp³-hybridized carbons (Fsp3) is 0.500. The molecule has 0 saturated carbocycles. The lowest BCUT2D eigenvalue weighted by atomic mass is 10.1. The van der Waals surface area contributed by atoms with Crippen LogP contribution in [0.25, 0.3) is 0 Å². The Balaban J connectivity index is 2.54. The van der Waals surface area contributed by atoms with Gasteiger partial charge in [-0.2, -0.15) is 0 Å². The topological polar surface area (TPSA) is 67.4 Å². The summed E-state index contributed by atoms with van der Waals surface area (Å²) in [5, 5.41) is 5.94. The van der Waals surface area contributed by atoms with E-state index in [0.717, 1.165) is 5.56 Å². The molecule has 0 fully saturated rings. The summed E-state index contributed by atoms with van der Waals surface area (Å²) in [7, 11) is 1.32. The van der Waals surface area contributed by atoms with Gasteiger partial charge in [-0.25, -0.2) is 4.79 Å². The van der Waals surface area contributed by atoms with E-state index in [0.29, 0.717) is 19.4 Å². The van der Waals surface area contributed by atoms with E-state index in [1.807, 2.05) is 44.2 Å². The molecule has 0 heterocycles. The highest BCUT2D eigenvalue weighted by molar-refractivity contribution is 5.87. The van der Waals surface area contributed by atoms with Gasteiger partial charge in [0, 0.05) is 6.54 Å². The van der Waals surface area contributed by atoms with Crippen molar-refractivity contribution in [1.82, 2.24) is 10.6 Å². The van der Waals surface area contributed by atoms with E-state index in [9.17, 15) is 9.59 Å². The number of nitrogens with one attached hydrogen (secondary N) is 2. The van der Waals surface area contributed by atoms with E-state index in [1.54, 1.807) is 0 Å². The second kappa shape index (κ2) is 9.13. The average Bonchev–Trinajstić information content (AvgIpc) is 2.53. The molecule has 1 amide bonds. The van der Waals surface area contributed by atoms with E-state index in [2.05, 4.69) is 15.4 Å². The molecule has 0 bridgehead atoms. The number of rotatable bonds is 8. The van der Waals surface area contributed by atoms with Crippen LogP contribution in [-0.4, -0.2) is 31.1 Å². The second-order valence-electron chi connectivity index (χ2n) is 4.82. The second-order valence-corrected chi connectivity index (χ2v) is 4.82. The van der Waals surface area contributed by atoms with Gasteiger partial charge in [0.2, 0.25) is 5.91 Å². The van der Waals surface area contributed by atoms with Gasteiger partial charge in [-0.3, -0.25) is 4.79 Å². The number of carbonyl (C=O) groups is 2. The SMILES string of the molecule is CCC(NCc1ccccc1)C(=O)NC(CC)C(=O)OC. The number of carbonyl (C=O) groups excluding carboxylic acids is 2. The third-order valence-corrected chi connectivity index (χ3v) is 3.33. The third kappa shape index (κ3) is 5.55. The lowest BCUT2D eigenvalue weighted by Gasteiger charge is -2.20.